The molecular weight excluding hydrogens is 336 g/mol. The molecule has 142 valence electrons. The van der Waals surface area contributed by atoms with Crippen LogP contribution in [0, 0.1) is 0 Å². The molecule has 0 aromatic heterocycles. The Morgan fingerprint density at radius 3 is 2.31 bits per heavy atom. The lowest BCUT2D eigenvalue weighted by atomic mass is 9.97. The van der Waals surface area contributed by atoms with Crippen molar-refractivity contribution in [3.63, 3.8) is 0 Å². The van der Waals surface area contributed by atoms with Crippen molar-refractivity contribution < 1.29 is 23.9 Å². The van der Waals surface area contributed by atoms with E-state index < -0.39 is 11.9 Å². The van der Waals surface area contributed by atoms with Crippen LogP contribution < -0.4 is 10.1 Å². The average molecular weight is 362 g/mol. The lowest BCUT2D eigenvalue weighted by molar-refractivity contribution is -0.154. The number of hydrogen-bond acceptors (Lipinski definition) is 5. The van der Waals surface area contributed by atoms with Crippen LogP contribution in [0.25, 0.3) is 0 Å². The maximum Gasteiger partial charge on any atom is 0.325 e. The SMILES string of the molecule is COc1ccc(C(=O)NCC(=O)OCC(=O)N2C(C)CCCC2C)cc1. The summed E-state index contributed by atoms with van der Waals surface area (Å²) in [6, 6.07) is 6.82. The maximum atomic E-state index is 12.3. The summed E-state index contributed by atoms with van der Waals surface area (Å²) in [6.45, 7) is 3.42. The smallest absolute Gasteiger partial charge is 0.325 e. The highest BCUT2D eigenvalue weighted by Crippen LogP contribution is 2.22. The third-order valence-corrected chi connectivity index (χ3v) is 4.58. The summed E-state index contributed by atoms with van der Waals surface area (Å²) in [4.78, 5) is 37.9. The van der Waals surface area contributed by atoms with Gasteiger partial charge in [0.05, 0.1) is 7.11 Å². The van der Waals surface area contributed by atoms with E-state index in [2.05, 4.69) is 5.32 Å². The van der Waals surface area contributed by atoms with Gasteiger partial charge in [0.1, 0.15) is 12.3 Å². The second-order valence-electron chi connectivity index (χ2n) is 6.50. The number of carbonyl (C=O) groups excluding carboxylic acids is 3. The molecule has 1 heterocycles. The fraction of sp³-hybridized carbons (Fsp3) is 0.526. The van der Waals surface area contributed by atoms with Crippen LogP contribution in [0.5, 0.6) is 5.75 Å². The number of likely N-dealkylation sites (tertiary alicyclic amines) is 1. The molecule has 2 atom stereocenters. The Morgan fingerprint density at radius 1 is 1.12 bits per heavy atom. The Balaban J connectivity index is 1.75. The van der Waals surface area contributed by atoms with Crippen LogP contribution in [0.15, 0.2) is 24.3 Å². The molecule has 7 nitrogen and oxygen atoms in total. The minimum Gasteiger partial charge on any atom is -0.497 e. The number of nitrogens with one attached hydrogen (secondary N) is 1. The van der Waals surface area contributed by atoms with Crippen LogP contribution in [0.1, 0.15) is 43.5 Å². The first-order valence-electron chi connectivity index (χ1n) is 8.81. The van der Waals surface area contributed by atoms with E-state index in [1.54, 1.807) is 29.2 Å². The summed E-state index contributed by atoms with van der Waals surface area (Å²) in [5.74, 6) is -0.591. The molecule has 26 heavy (non-hydrogen) atoms. The molecule has 2 amide bonds. The molecule has 0 bridgehead atoms. The van der Waals surface area contributed by atoms with Gasteiger partial charge in [-0.15, -0.1) is 0 Å². The van der Waals surface area contributed by atoms with Gasteiger partial charge < -0.3 is 19.7 Å². The zero-order valence-electron chi connectivity index (χ0n) is 15.5. The molecule has 0 radical (unpaired) electrons. The minimum atomic E-state index is -0.641. The third kappa shape index (κ3) is 5.21. The van der Waals surface area contributed by atoms with Gasteiger partial charge >= 0.3 is 5.97 Å². The number of nitrogens with zero attached hydrogens (tertiary/aromatic N) is 1. The van der Waals surface area contributed by atoms with Gasteiger partial charge in [-0.1, -0.05) is 0 Å². The average Bonchev–Trinajstić information content (AvgIpc) is 2.64. The second kappa shape index (κ2) is 9.22. The molecule has 1 aliphatic rings. The molecule has 1 aliphatic heterocycles. The van der Waals surface area contributed by atoms with Gasteiger partial charge in [0.15, 0.2) is 6.61 Å². The van der Waals surface area contributed by atoms with Gasteiger partial charge in [-0.3, -0.25) is 14.4 Å². The van der Waals surface area contributed by atoms with E-state index in [0.29, 0.717) is 11.3 Å². The van der Waals surface area contributed by atoms with Crippen molar-refractivity contribution in [1.29, 1.82) is 0 Å². The van der Waals surface area contributed by atoms with Crippen LogP contribution in [-0.4, -0.2) is 55.0 Å². The number of piperidine rings is 1. The number of rotatable bonds is 6. The Hall–Kier alpha value is -2.57. The van der Waals surface area contributed by atoms with Crippen molar-refractivity contribution in [2.75, 3.05) is 20.3 Å². The van der Waals surface area contributed by atoms with Crippen molar-refractivity contribution in [2.45, 2.75) is 45.2 Å². The van der Waals surface area contributed by atoms with Gasteiger partial charge in [0.25, 0.3) is 11.8 Å². The fourth-order valence-electron chi connectivity index (χ4n) is 3.18. The zero-order chi connectivity index (χ0) is 19.1. The predicted octanol–water partition coefficient (Wildman–Crippen LogP) is 1.76. The molecule has 1 fully saturated rings. The van der Waals surface area contributed by atoms with Crippen LogP contribution in [-0.2, 0) is 14.3 Å². The van der Waals surface area contributed by atoms with E-state index in [1.807, 2.05) is 13.8 Å². The van der Waals surface area contributed by atoms with Crippen molar-refractivity contribution >= 4 is 17.8 Å². The van der Waals surface area contributed by atoms with Crippen LogP contribution in [0.2, 0.25) is 0 Å². The highest BCUT2D eigenvalue weighted by atomic mass is 16.5. The van der Waals surface area contributed by atoms with Crippen LogP contribution in [0.4, 0.5) is 0 Å². The maximum absolute atomic E-state index is 12.3. The molecule has 1 saturated heterocycles. The number of amides is 2. The highest BCUT2D eigenvalue weighted by Gasteiger charge is 2.29. The summed E-state index contributed by atoms with van der Waals surface area (Å²) >= 11 is 0. The minimum absolute atomic E-state index is 0.153. The van der Waals surface area contributed by atoms with Crippen molar-refractivity contribution in [2.24, 2.45) is 0 Å². The van der Waals surface area contributed by atoms with E-state index in [4.69, 9.17) is 9.47 Å². The van der Waals surface area contributed by atoms with E-state index in [-0.39, 0.29) is 31.1 Å². The lowest BCUT2D eigenvalue weighted by Gasteiger charge is -2.38. The van der Waals surface area contributed by atoms with Crippen LogP contribution >= 0.6 is 0 Å². The molecule has 2 unspecified atom stereocenters. The van der Waals surface area contributed by atoms with E-state index in [0.717, 1.165) is 19.3 Å². The Labute approximate surface area is 153 Å². The monoisotopic (exact) mass is 362 g/mol. The molecular formula is C19H26N2O5. The fourth-order valence-corrected chi connectivity index (χ4v) is 3.18. The molecule has 0 saturated carbocycles. The first kappa shape index (κ1) is 19.8. The van der Waals surface area contributed by atoms with Gasteiger partial charge in [-0.2, -0.15) is 0 Å². The molecule has 7 heteroatoms. The standard InChI is InChI=1S/C19H26N2O5/c1-13-5-4-6-14(2)21(13)17(22)12-26-18(23)11-20-19(24)15-7-9-16(25-3)10-8-15/h7-10,13-14H,4-6,11-12H2,1-3H3,(H,20,24). The first-order valence-corrected chi connectivity index (χ1v) is 8.81. The predicted molar refractivity (Wildman–Crippen MR) is 95.9 cm³/mol. The molecule has 1 N–H and O–H groups in total. The van der Waals surface area contributed by atoms with E-state index in [9.17, 15) is 14.4 Å². The van der Waals surface area contributed by atoms with Gasteiger partial charge in [0.2, 0.25) is 0 Å². The van der Waals surface area contributed by atoms with Crippen LogP contribution in [0.3, 0.4) is 0 Å². The normalized spacial score (nSPS) is 19.6. The highest BCUT2D eigenvalue weighted by molar-refractivity contribution is 5.96. The molecule has 1 aromatic carbocycles. The van der Waals surface area contributed by atoms with Crippen molar-refractivity contribution in [3.05, 3.63) is 29.8 Å². The third-order valence-electron chi connectivity index (χ3n) is 4.58. The van der Waals surface area contributed by atoms with Crippen molar-refractivity contribution in [1.82, 2.24) is 10.2 Å². The molecule has 0 spiro atoms. The zero-order valence-corrected chi connectivity index (χ0v) is 15.5. The van der Waals surface area contributed by atoms with Crippen molar-refractivity contribution in [3.8, 4) is 5.75 Å². The largest absolute Gasteiger partial charge is 0.497 e. The Morgan fingerprint density at radius 2 is 1.73 bits per heavy atom. The molecule has 2 rings (SSSR count). The summed E-state index contributed by atoms with van der Waals surface area (Å²) in [5.41, 5.74) is 0.408. The summed E-state index contributed by atoms with van der Waals surface area (Å²) < 4.78 is 10.0. The number of methoxy groups -OCH3 is 1. The van der Waals surface area contributed by atoms with Gasteiger partial charge in [0, 0.05) is 17.6 Å². The molecule has 1 aromatic rings. The van der Waals surface area contributed by atoms with E-state index in [1.165, 1.54) is 7.11 Å². The van der Waals surface area contributed by atoms with Gasteiger partial charge in [-0.05, 0) is 57.4 Å². The number of carbonyl (C=O) groups is 3. The lowest BCUT2D eigenvalue weighted by Crippen LogP contribution is -2.49. The van der Waals surface area contributed by atoms with E-state index >= 15 is 0 Å². The topological polar surface area (TPSA) is 84.9 Å². The number of hydrogen-bond donors (Lipinski definition) is 1. The van der Waals surface area contributed by atoms with Gasteiger partial charge in [-0.25, -0.2) is 0 Å². The second-order valence-corrected chi connectivity index (χ2v) is 6.50. The number of esters is 1. The summed E-state index contributed by atoms with van der Waals surface area (Å²) in [7, 11) is 1.54. The Bertz CT molecular complexity index is 634. The Kier molecular flexibility index (Phi) is 7.00. The first-order chi connectivity index (χ1) is 12.4. The quantitative estimate of drug-likeness (QED) is 0.780. The summed E-state index contributed by atoms with van der Waals surface area (Å²) in [6.07, 6.45) is 3.02. The molecule has 0 aliphatic carbocycles. The number of benzene rings is 1. The summed E-state index contributed by atoms with van der Waals surface area (Å²) in [5, 5.41) is 2.48. The number of ether oxygens (including phenoxy) is 2.